The van der Waals surface area contributed by atoms with E-state index in [2.05, 4.69) is 18.0 Å². The van der Waals surface area contributed by atoms with E-state index in [-0.39, 0.29) is 0 Å². The molecule has 0 aliphatic carbocycles. The summed E-state index contributed by atoms with van der Waals surface area (Å²) in [6, 6.07) is 6.13. The van der Waals surface area contributed by atoms with Crippen LogP contribution in [-0.2, 0) is 6.42 Å². The van der Waals surface area contributed by atoms with Gasteiger partial charge in [0.1, 0.15) is 0 Å². The van der Waals surface area contributed by atoms with Gasteiger partial charge < -0.3 is 0 Å². The average Bonchev–Trinajstić information content (AvgIpc) is 2.25. The summed E-state index contributed by atoms with van der Waals surface area (Å²) in [6.07, 6.45) is 1.14. The molecule has 0 saturated heterocycles. The van der Waals surface area contributed by atoms with Gasteiger partial charge in [-0.15, -0.1) is 0 Å². The molecule has 0 bridgehead atoms. The molecule has 0 aromatic heterocycles. The Morgan fingerprint density at radius 1 is 1.14 bits per heavy atom. The minimum atomic E-state index is 0.743. The molecule has 1 aromatic carbocycles. The zero-order valence-electron chi connectivity index (χ0n) is 8.87. The Morgan fingerprint density at radius 3 is 2.43 bits per heavy atom. The van der Waals surface area contributed by atoms with Crippen LogP contribution < -0.4 is 9.47 Å². The summed E-state index contributed by atoms with van der Waals surface area (Å²) >= 11 is 0.743. The number of rotatable bonds is 5. The molecule has 0 aliphatic rings. The molecule has 3 heteroatoms. The summed E-state index contributed by atoms with van der Waals surface area (Å²) in [7, 11) is 3.33. The average molecular weight is 259 g/mol. The number of aryl methyl sites for hydroxylation is 1. The van der Waals surface area contributed by atoms with E-state index in [1.165, 1.54) is 10.9 Å². The van der Waals surface area contributed by atoms with Crippen LogP contribution in [0.25, 0.3) is 0 Å². The third-order valence-electron chi connectivity index (χ3n) is 2.04. The molecule has 0 heterocycles. The molecular formula is C11H16O2Se. The molecule has 0 saturated carbocycles. The first-order chi connectivity index (χ1) is 6.81. The van der Waals surface area contributed by atoms with Gasteiger partial charge in [-0.25, -0.2) is 0 Å². The van der Waals surface area contributed by atoms with Crippen LogP contribution in [0.3, 0.4) is 0 Å². The third kappa shape index (κ3) is 2.93. The fourth-order valence-corrected chi connectivity index (χ4v) is 2.18. The number of methoxy groups -OCH3 is 2. The van der Waals surface area contributed by atoms with Crippen molar-refractivity contribution in [1.29, 1.82) is 0 Å². The van der Waals surface area contributed by atoms with Gasteiger partial charge in [-0.2, -0.15) is 0 Å². The molecule has 0 fully saturated rings. The normalized spacial score (nSPS) is 9.93. The Kier molecular flexibility index (Phi) is 4.85. The summed E-state index contributed by atoms with van der Waals surface area (Å²) < 4.78 is 10.4. The molecule has 1 rings (SSSR count). The molecule has 2 nitrogen and oxygen atoms in total. The van der Waals surface area contributed by atoms with Crippen LogP contribution in [0, 0.1) is 0 Å². The van der Waals surface area contributed by atoms with Crippen LogP contribution in [0.15, 0.2) is 18.2 Å². The topological polar surface area (TPSA) is 18.5 Å². The van der Waals surface area contributed by atoms with Crippen molar-refractivity contribution in [1.82, 2.24) is 0 Å². The number of benzene rings is 1. The summed E-state index contributed by atoms with van der Waals surface area (Å²) in [6.45, 7) is 0. The van der Waals surface area contributed by atoms with E-state index in [1.54, 1.807) is 14.2 Å². The van der Waals surface area contributed by atoms with Crippen LogP contribution in [0.5, 0.6) is 11.5 Å². The van der Waals surface area contributed by atoms with E-state index in [4.69, 9.17) is 9.47 Å². The molecule has 78 valence electrons. The predicted molar refractivity (Wildman–Crippen MR) is 59.7 cm³/mol. The van der Waals surface area contributed by atoms with E-state index in [0.717, 1.165) is 32.9 Å². The quantitative estimate of drug-likeness (QED) is 0.756. The Bertz CT molecular complexity index is 287. The molecule has 0 aliphatic heterocycles. The van der Waals surface area contributed by atoms with Crippen molar-refractivity contribution < 1.29 is 9.47 Å². The van der Waals surface area contributed by atoms with Gasteiger partial charge in [0.05, 0.1) is 0 Å². The van der Waals surface area contributed by atoms with Crippen LogP contribution in [0.4, 0.5) is 0 Å². The monoisotopic (exact) mass is 260 g/mol. The van der Waals surface area contributed by atoms with Crippen LogP contribution in [0.1, 0.15) is 5.56 Å². The SMILES string of the molecule is COc1ccc(CC[Se]C)cc1OC. The first-order valence-electron chi connectivity index (χ1n) is 4.51. The Hall–Kier alpha value is -0.661. The van der Waals surface area contributed by atoms with Crippen molar-refractivity contribution in [2.24, 2.45) is 0 Å². The van der Waals surface area contributed by atoms with E-state index >= 15 is 0 Å². The zero-order valence-corrected chi connectivity index (χ0v) is 10.6. The number of hydrogen-bond acceptors (Lipinski definition) is 2. The minimum absolute atomic E-state index is 0.743. The fraction of sp³-hybridized carbons (Fsp3) is 0.455. The van der Waals surface area contributed by atoms with Crippen molar-refractivity contribution >= 4 is 15.0 Å². The summed E-state index contributed by atoms with van der Waals surface area (Å²) in [5.41, 5.74) is 1.33. The zero-order chi connectivity index (χ0) is 10.4. The Labute approximate surface area is 91.8 Å². The molecule has 1 aromatic rings. The van der Waals surface area contributed by atoms with Gasteiger partial charge in [0, 0.05) is 0 Å². The fourth-order valence-electron chi connectivity index (χ4n) is 1.26. The molecule has 0 N–H and O–H groups in total. The molecule has 14 heavy (non-hydrogen) atoms. The maximum absolute atomic E-state index is 5.24. The van der Waals surface area contributed by atoms with Gasteiger partial charge in [-0.1, -0.05) is 0 Å². The van der Waals surface area contributed by atoms with Crippen LogP contribution in [-0.4, -0.2) is 29.2 Å². The van der Waals surface area contributed by atoms with Crippen molar-refractivity contribution in [3.63, 3.8) is 0 Å². The van der Waals surface area contributed by atoms with Crippen LogP contribution >= 0.6 is 0 Å². The Morgan fingerprint density at radius 2 is 1.86 bits per heavy atom. The summed E-state index contributed by atoms with van der Waals surface area (Å²) in [5.74, 6) is 3.89. The van der Waals surface area contributed by atoms with Gasteiger partial charge in [-0.3, -0.25) is 0 Å². The first-order valence-corrected chi connectivity index (χ1v) is 7.44. The molecule has 0 amide bonds. The maximum atomic E-state index is 5.24. The molecule has 0 unspecified atom stereocenters. The van der Waals surface area contributed by atoms with E-state index < -0.39 is 0 Å². The molecular weight excluding hydrogens is 243 g/mol. The predicted octanol–water partition coefficient (Wildman–Crippen LogP) is 2.42. The number of hydrogen-bond donors (Lipinski definition) is 0. The second-order valence-electron chi connectivity index (χ2n) is 2.93. The second-order valence-corrected chi connectivity index (χ2v) is 5.00. The van der Waals surface area contributed by atoms with Crippen molar-refractivity contribution in [3.05, 3.63) is 23.8 Å². The summed E-state index contributed by atoms with van der Waals surface area (Å²) in [4.78, 5) is 0. The van der Waals surface area contributed by atoms with Gasteiger partial charge in [0.15, 0.2) is 0 Å². The van der Waals surface area contributed by atoms with Gasteiger partial charge in [0.25, 0.3) is 0 Å². The van der Waals surface area contributed by atoms with Crippen LogP contribution in [0.2, 0.25) is 11.1 Å². The van der Waals surface area contributed by atoms with Crippen molar-refractivity contribution in [2.45, 2.75) is 17.6 Å². The van der Waals surface area contributed by atoms with Gasteiger partial charge in [0.2, 0.25) is 0 Å². The van der Waals surface area contributed by atoms with Crippen molar-refractivity contribution in [2.75, 3.05) is 14.2 Å². The standard InChI is InChI=1S/C11H16O2Se/c1-12-10-5-4-9(6-7-14-3)8-11(10)13-2/h4-5,8H,6-7H2,1-3H3. The Balaban J connectivity index is 2.79. The second kappa shape index (κ2) is 5.94. The van der Waals surface area contributed by atoms with E-state index in [1.807, 2.05) is 6.07 Å². The van der Waals surface area contributed by atoms with Gasteiger partial charge >= 0.3 is 91.5 Å². The molecule has 0 atom stereocenters. The number of ether oxygens (including phenoxy) is 2. The van der Waals surface area contributed by atoms with E-state index in [0.29, 0.717) is 0 Å². The molecule has 0 spiro atoms. The van der Waals surface area contributed by atoms with E-state index in [9.17, 15) is 0 Å². The van der Waals surface area contributed by atoms with Crippen molar-refractivity contribution in [3.8, 4) is 11.5 Å². The summed E-state index contributed by atoms with van der Waals surface area (Å²) in [5, 5.41) is 1.28. The third-order valence-corrected chi connectivity index (χ3v) is 3.33. The van der Waals surface area contributed by atoms with Gasteiger partial charge in [-0.05, 0) is 0 Å². The first kappa shape index (κ1) is 11.4. The molecule has 0 radical (unpaired) electrons.